The normalized spacial score (nSPS) is 16.7. The molecule has 1 atom stereocenters. The number of amides is 2. The van der Waals surface area contributed by atoms with Crippen molar-refractivity contribution in [3.05, 3.63) is 71.3 Å². The van der Waals surface area contributed by atoms with Crippen molar-refractivity contribution in [3.63, 3.8) is 0 Å². The second kappa shape index (κ2) is 11.4. The molecule has 10 heteroatoms. The summed E-state index contributed by atoms with van der Waals surface area (Å²) in [6.07, 6.45) is 4.57. The summed E-state index contributed by atoms with van der Waals surface area (Å²) < 4.78 is 16.2. The minimum atomic E-state index is -0.742. The number of nitrogens with one attached hydrogen (secondary N) is 3. The van der Waals surface area contributed by atoms with E-state index in [2.05, 4.69) is 20.6 Å². The van der Waals surface area contributed by atoms with Gasteiger partial charge in [0.2, 0.25) is 11.7 Å². The Balaban J connectivity index is 1.36. The maximum Gasteiger partial charge on any atom is 0.252 e. The Kier molecular flexibility index (Phi) is 7.74. The van der Waals surface area contributed by atoms with Crippen LogP contribution in [0.4, 0.5) is 0 Å². The molecule has 10 nitrogen and oxygen atoms in total. The Bertz CT molecular complexity index is 1290. The maximum absolute atomic E-state index is 13.9. The molecule has 39 heavy (non-hydrogen) atoms. The standard InChI is InChI=1S/C29H35N5O5/c1-37-23-16-20(17-24(38-2)25(23)39-3)27(35)33-22(15-19-7-5-4-6-8-19)28(36)34-13-10-29(11-14-34)26-21(9-12-32-29)30-18-31-26/h4-8,16-18,22,32H,9-15H2,1-3H3,(H,30,31)(H,33,35)/t22-/m1/s1. The lowest BCUT2D eigenvalue weighted by Gasteiger charge is -2.44. The molecule has 1 aromatic heterocycles. The number of hydrogen-bond donors (Lipinski definition) is 3. The van der Waals surface area contributed by atoms with Crippen molar-refractivity contribution in [3.8, 4) is 17.2 Å². The molecule has 3 heterocycles. The Morgan fingerprint density at radius 2 is 1.74 bits per heavy atom. The molecule has 0 unspecified atom stereocenters. The molecule has 0 bridgehead atoms. The molecular weight excluding hydrogens is 498 g/mol. The number of aromatic nitrogens is 2. The highest BCUT2D eigenvalue weighted by atomic mass is 16.5. The van der Waals surface area contributed by atoms with Crippen molar-refractivity contribution in [2.24, 2.45) is 0 Å². The van der Waals surface area contributed by atoms with E-state index in [-0.39, 0.29) is 11.4 Å². The smallest absolute Gasteiger partial charge is 0.252 e. The van der Waals surface area contributed by atoms with Crippen molar-refractivity contribution < 1.29 is 23.8 Å². The number of piperidine rings is 1. The highest BCUT2D eigenvalue weighted by molar-refractivity contribution is 5.98. The first-order valence-corrected chi connectivity index (χ1v) is 13.2. The zero-order valence-corrected chi connectivity index (χ0v) is 22.6. The number of imidazole rings is 1. The number of rotatable bonds is 8. The van der Waals surface area contributed by atoms with Crippen LogP contribution in [0.25, 0.3) is 0 Å². The summed E-state index contributed by atoms with van der Waals surface area (Å²) in [4.78, 5) is 37.1. The number of ether oxygens (including phenoxy) is 3. The third kappa shape index (κ3) is 5.29. The molecule has 3 N–H and O–H groups in total. The molecule has 2 amide bonds. The number of likely N-dealkylation sites (tertiary alicyclic amines) is 1. The molecule has 5 rings (SSSR count). The SMILES string of the molecule is COc1cc(C(=O)N[C@H](Cc2ccccc2)C(=O)N2CCC3(CC2)NCCc2[nH]cnc23)cc(OC)c1OC. The molecule has 0 saturated carbocycles. The van der Waals surface area contributed by atoms with Crippen molar-refractivity contribution in [1.29, 1.82) is 0 Å². The number of benzene rings is 2. The Morgan fingerprint density at radius 3 is 2.38 bits per heavy atom. The zero-order valence-electron chi connectivity index (χ0n) is 22.6. The second-order valence-corrected chi connectivity index (χ2v) is 9.94. The van der Waals surface area contributed by atoms with Gasteiger partial charge >= 0.3 is 0 Å². The van der Waals surface area contributed by atoms with Gasteiger partial charge in [-0.3, -0.25) is 9.59 Å². The van der Waals surface area contributed by atoms with Crippen molar-refractivity contribution in [2.75, 3.05) is 41.0 Å². The molecule has 1 fully saturated rings. The van der Waals surface area contributed by atoms with Gasteiger partial charge in [0.1, 0.15) is 6.04 Å². The summed E-state index contributed by atoms with van der Waals surface area (Å²) in [5.74, 6) is 0.630. The van der Waals surface area contributed by atoms with Crippen molar-refractivity contribution in [1.82, 2.24) is 25.5 Å². The van der Waals surface area contributed by atoms with E-state index in [1.54, 1.807) is 18.5 Å². The molecule has 3 aromatic rings. The van der Waals surface area contributed by atoms with Crippen molar-refractivity contribution in [2.45, 2.75) is 37.3 Å². The van der Waals surface area contributed by atoms with Crippen LogP contribution in [0.1, 0.15) is 40.2 Å². The van der Waals surface area contributed by atoms with Gasteiger partial charge in [0.05, 0.1) is 38.9 Å². The van der Waals surface area contributed by atoms with Crippen LogP contribution in [0.3, 0.4) is 0 Å². The first kappa shape index (κ1) is 26.6. The molecule has 206 valence electrons. The van der Waals surface area contributed by atoms with Gasteiger partial charge in [-0.25, -0.2) is 4.98 Å². The molecule has 1 spiro atoms. The van der Waals surface area contributed by atoms with Gasteiger partial charge in [0.15, 0.2) is 11.5 Å². The van der Waals surface area contributed by atoms with Crippen LogP contribution in [0.2, 0.25) is 0 Å². The number of H-pyrrole nitrogens is 1. The average molecular weight is 534 g/mol. The predicted molar refractivity (Wildman–Crippen MR) is 145 cm³/mol. The summed E-state index contributed by atoms with van der Waals surface area (Å²) in [5.41, 5.74) is 3.29. The zero-order chi connectivity index (χ0) is 27.4. The fourth-order valence-electron chi connectivity index (χ4n) is 5.68. The van der Waals surface area contributed by atoms with E-state index < -0.39 is 11.9 Å². The number of aromatic amines is 1. The minimum absolute atomic E-state index is 0.104. The first-order chi connectivity index (χ1) is 19.0. The summed E-state index contributed by atoms with van der Waals surface area (Å²) in [5, 5.41) is 6.65. The molecule has 1 saturated heterocycles. The number of carbonyl (C=O) groups excluding carboxylic acids is 2. The number of hydrogen-bond acceptors (Lipinski definition) is 7. The van der Waals surface area contributed by atoms with Gasteiger partial charge in [-0.1, -0.05) is 30.3 Å². The molecule has 2 aliphatic heterocycles. The summed E-state index contributed by atoms with van der Waals surface area (Å²) in [7, 11) is 4.50. The van der Waals surface area contributed by atoms with E-state index >= 15 is 0 Å². The Morgan fingerprint density at radius 1 is 1.05 bits per heavy atom. The predicted octanol–water partition coefficient (Wildman–Crippen LogP) is 2.44. The number of nitrogens with zero attached hydrogens (tertiary/aromatic N) is 2. The van der Waals surface area contributed by atoms with Gasteiger partial charge < -0.3 is 34.7 Å². The van der Waals surface area contributed by atoms with Gasteiger partial charge in [-0.15, -0.1) is 0 Å². The molecule has 0 aliphatic carbocycles. The monoisotopic (exact) mass is 533 g/mol. The third-order valence-electron chi connectivity index (χ3n) is 7.75. The Hall–Kier alpha value is -4.05. The van der Waals surface area contributed by atoms with Gasteiger partial charge in [-0.05, 0) is 30.5 Å². The van der Waals surface area contributed by atoms with Crippen LogP contribution in [0.5, 0.6) is 17.2 Å². The highest BCUT2D eigenvalue weighted by Crippen LogP contribution is 2.38. The molecule has 2 aromatic carbocycles. The fourth-order valence-corrected chi connectivity index (χ4v) is 5.68. The van der Waals surface area contributed by atoms with Gasteiger partial charge in [-0.2, -0.15) is 0 Å². The van der Waals surface area contributed by atoms with Gasteiger partial charge in [0.25, 0.3) is 5.91 Å². The summed E-state index contributed by atoms with van der Waals surface area (Å²) in [6, 6.07) is 12.1. The highest BCUT2D eigenvalue weighted by Gasteiger charge is 2.43. The number of fused-ring (bicyclic) bond motifs is 2. The summed E-state index contributed by atoms with van der Waals surface area (Å²) >= 11 is 0. The van der Waals surface area contributed by atoms with Crippen LogP contribution in [-0.2, 0) is 23.2 Å². The first-order valence-electron chi connectivity index (χ1n) is 13.2. The van der Waals surface area contributed by atoms with E-state index in [0.717, 1.165) is 37.1 Å². The van der Waals surface area contributed by atoms with Crippen molar-refractivity contribution >= 4 is 11.8 Å². The Labute approximate surface area is 228 Å². The summed E-state index contributed by atoms with van der Waals surface area (Å²) in [6.45, 7) is 2.03. The van der Waals surface area contributed by atoms with E-state index in [1.165, 1.54) is 27.0 Å². The lowest BCUT2D eigenvalue weighted by molar-refractivity contribution is -0.135. The molecule has 0 radical (unpaired) electrons. The molecule has 2 aliphatic rings. The molecular formula is C29H35N5O5. The quantitative estimate of drug-likeness (QED) is 0.407. The van der Waals surface area contributed by atoms with Gasteiger partial charge in [0, 0.05) is 43.7 Å². The van der Waals surface area contributed by atoms with Crippen LogP contribution in [-0.4, -0.2) is 73.7 Å². The maximum atomic E-state index is 13.9. The van der Waals surface area contributed by atoms with E-state index in [0.29, 0.717) is 42.3 Å². The van der Waals surface area contributed by atoms with E-state index in [4.69, 9.17) is 14.2 Å². The third-order valence-corrected chi connectivity index (χ3v) is 7.75. The average Bonchev–Trinajstić information content (AvgIpc) is 3.47. The lowest BCUT2D eigenvalue weighted by atomic mass is 9.80. The largest absolute Gasteiger partial charge is 0.493 e. The number of carbonyl (C=O) groups is 2. The van der Waals surface area contributed by atoms with Crippen LogP contribution in [0, 0.1) is 0 Å². The van der Waals surface area contributed by atoms with Crippen LogP contribution < -0.4 is 24.8 Å². The van der Waals surface area contributed by atoms with E-state index in [1.807, 2.05) is 35.2 Å². The van der Waals surface area contributed by atoms with Crippen LogP contribution in [0.15, 0.2) is 48.8 Å². The topological polar surface area (TPSA) is 118 Å². The fraction of sp³-hybridized carbons (Fsp3) is 0.414. The minimum Gasteiger partial charge on any atom is -0.493 e. The lowest BCUT2D eigenvalue weighted by Crippen LogP contribution is -2.58. The second-order valence-electron chi connectivity index (χ2n) is 9.94. The number of methoxy groups -OCH3 is 3. The van der Waals surface area contributed by atoms with Crippen LogP contribution >= 0.6 is 0 Å². The van der Waals surface area contributed by atoms with E-state index in [9.17, 15) is 9.59 Å².